The van der Waals surface area contributed by atoms with E-state index >= 15 is 0 Å². The lowest BCUT2D eigenvalue weighted by Gasteiger charge is -2.27. The Labute approximate surface area is 172 Å². The average Bonchev–Trinajstić information content (AvgIpc) is 2.69. The fourth-order valence-corrected chi connectivity index (χ4v) is 3.24. The number of amides is 2. The molecular formula is C20H21ClF3N3O2. The van der Waals surface area contributed by atoms with E-state index in [2.05, 4.69) is 16.0 Å². The summed E-state index contributed by atoms with van der Waals surface area (Å²) in [6, 6.07) is 12.4. The Hall–Kier alpha value is -2.58. The zero-order valence-electron chi connectivity index (χ0n) is 15.4. The average molecular weight is 428 g/mol. The first-order chi connectivity index (χ1) is 13.4. The summed E-state index contributed by atoms with van der Waals surface area (Å²) in [5.41, 5.74) is 0.788. The minimum absolute atomic E-state index is 0. The molecule has 0 bridgehead atoms. The van der Waals surface area contributed by atoms with Crippen LogP contribution >= 0.6 is 12.4 Å². The van der Waals surface area contributed by atoms with Crippen molar-refractivity contribution in [2.24, 2.45) is 0 Å². The Kier molecular flexibility index (Phi) is 7.64. The molecule has 2 aromatic rings. The molecule has 29 heavy (non-hydrogen) atoms. The Bertz CT molecular complexity index is 874. The third-order valence-corrected chi connectivity index (χ3v) is 4.61. The van der Waals surface area contributed by atoms with Gasteiger partial charge in [-0.2, -0.15) is 13.2 Å². The number of hydrogen-bond donors (Lipinski definition) is 3. The van der Waals surface area contributed by atoms with E-state index in [1.54, 1.807) is 0 Å². The lowest BCUT2D eigenvalue weighted by atomic mass is 9.94. The van der Waals surface area contributed by atoms with Gasteiger partial charge in [0, 0.05) is 12.6 Å². The number of benzene rings is 2. The second-order valence-corrected chi connectivity index (χ2v) is 6.49. The zero-order valence-corrected chi connectivity index (χ0v) is 16.2. The number of fused-ring (bicyclic) bond motifs is 1. The first-order valence-electron chi connectivity index (χ1n) is 8.88. The van der Waals surface area contributed by atoms with Crippen LogP contribution in [0.15, 0.2) is 48.5 Å². The molecule has 5 nitrogen and oxygen atoms in total. The fourth-order valence-electron chi connectivity index (χ4n) is 3.24. The number of alkyl halides is 3. The molecule has 0 spiro atoms. The Morgan fingerprint density at radius 1 is 1.03 bits per heavy atom. The van der Waals surface area contributed by atoms with Crippen LogP contribution in [0, 0.1) is 0 Å². The van der Waals surface area contributed by atoms with E-state index in [1.807, 2.05) is 24.3 Å². The van der Waals surface area contributed by atoms with Gasteiger partial charge in [0.25, 0.3) is 5.91 Å². The van der Waals surface area contributed by atoms with Crippen molar-refractivity contribution in [2.75, 3.05) is 19.6 Å². The van der Waals surface area contributed by atoms with Gasteiger partial charge in [0.15, 0.2) is 0 Å². The zero-order chi connectivity index (χ0) is 20.1. The summed E-state index contributed by atoms with van der Waals surface area (Å²) in [4.78, 5) is 24.1. The maximum Gasteiger partial charge on any atom is 0.417 e. The number of carbonyl (C=O) groups excluding carboxylic acids is 2. The van der Waals surface area contributed by atoms with Crippen molar-refractivity contribution in [3.05, 3.63) is 70.8 Å². The van der Waals surface area contributed by atoms with Crippen LogP contribution in [0.2, 0.25) is 0 Å². The van der Waals surface area contributed by atoms with Gasteiger partial charge in [-0.1, -0.05) is 36.4 Å². The smallest absolute Gasteiger partial charge is 0.353 e. The maximum absolute atomic E-state index is 13.0. The topological polar surface area (TPSA) is 70.2 Å². The second-order valence-electron chi connectivity index (χ2n) is 6.49. The SMILES string of the molecule is Cl.O=C(CNC(=O)c1ccccc1C(F)(F)F)NCC1NCCc2ccccc21. The summed E-state index contributed by atoms with van der Waals surface area (Å²) in [6.07, 6.45) is -3.73. The number of hydrogen-bond acceptors (Lipinski definition) is 3. The molecule has 1 atom stereocenters. The highest BCUT2D eigenvalue weighted by molar-refractivity contribution is 5.97. The van der Waals surface area contributed by atoms with Crippen molar-refractivity contribution in [1.29, 1.82) is 0 Å². The third-order valence-electron chi connectivity index (χ3n) is 4.61. The van der Waals surface area contributed by atoms with Gasteiger partial charge in [-0.05, 0) is 36.2 Å². The fraction of sp³-hybridized carbons (Fsp3) is 0.300. The molecule has 0 aliphatic carbocycles. The van der Waals surface area contributed by atoms with Crippen LogP contribution in [0.1, 0.15) is 33.1 Å². The van der Waals surface area contributed by atoms with E-state index in [0.29, 0.717) is 6.54 Å². The molecule has 2 amide bonds. The van der Waals surface area contributed by atoms with Crippen LogP contribution in [0.4, 0.5) is 13.2 Å². The van der Waals surface area contributed by atoms with Crippen molar-refractivity contribution in [2.45, 2.75) is 18.6 Å². The van der Waals surface area contributed by atoms with E-state index in [9.17, 15) is 22.8 Å². The second kappa shape index (κ2) is 9.76. The van der Waals surface area contributed by atoms with E-state index in [0.717, 1.165) is 30.7 Å². The standard InChI is InChI=1S/C20H20F3N3O2.ClH/c21-20(22,23)16-8-4-3-7-15(16)19(28)26-12-18(27)25-11-17-14-6-2-1-5-13(14)9-10-24-17;/h1-8,17,24H,9-12H2,(H,25,27)(H,26,28);1H. The van der Waals surface area contributed by atoms with Gasteiger partial charge in [0.05, 0.1) is 17.7 Å². The lowest BCUT2D eigenvalue weighted by Crippen LogP contribution is -2.42. The lowest BCUT2D eigenvalue weighted by molar-refractivity contribution is -0.137. The number of halogens is 4. The highest BCUT2D eigenvalue weighted by Gasteiger charge is 2.34. The molecule has 3 N–H and O–H groups in total. The van der Waals surface area contributed by atoms with Gasteiger partial charge in [-0.15, -0.1) is 12.4 Å². The van der Waals surface area contributed by atoms with Crippen LogP contribution in [-0.4, -0.2) is 31.4 Å². The Balaban J connectivity index is 0.00000300. The van der Waals surface area contributed by atoms with Crippen LogP contribution in [0.5, 0.6) is 0 Å². The molecular weight excluding hydrogens is 407 g/mol. The van der Waals surface area contributed by atoms with Crippen molar-refractivity contribution < 1.29 is 22.8 Å². The molecule has 0 fully saturated rings. The van der Waals surface area contributed by atoms with E-state index in [4.69, 9.17) is 0 Å². The Morgan fingerprint density at radius 3 is 2.48 bits per heavy atom. The predicted octanol–water partition coefficient (Wildman–Crippen LogP) is 2.86. The number of nitrogens with one attached hydrogen (secondary N) is 3. The maximum atomic E-state index is 13.0. The minimum Gasteiger partial charge on any atom is -0.353 e. The minimum atomic E-state index is -4.64. The van der Waals surface area contributed by atoms with Crippen LogP contribution in [-0.2, 0) is 17.4 Å². The first kappa shape index (κ1) is 22.7. The highest BCUT2D eigenvalue weighted by Crippen LogP contribution is 2.31. The van der Waals surface area contributed by atoms with E-state index in [1.165, 1.54) is 17.7 Å². The highest BCUT2D eigenvalue weighted by atomic mass is 35.5. The van der Waals surface area contributed by atoms with Crippen molar-refractivity contribution >= 4 is 24.2 Å². The molecule has 0 radical (unpaired) electrons. The molecule has 0 aromatic heterocycles. The molecule has 1 unspecified atom stereocenters. The largest absolute Gasteiger partial charge is 0.417 e. The molecule has 9 heteroatoms. The van der Waals surface area contributed by atoms with Crippen molar-refractivity contribution in [1.82, 2.24) is 16.0 Å². The Morgan fingerprint density at radius 2 is 1.72 bits per heavy atom. The van der Waals surface area contributed by atoms with E-state index < -0.39 is 35.7 Å². The van der Waals surface area contributed by atoms with Gasteiger partial charge in [-0.3, -0.25) is 9.59 Å². The molecule has 1 heterocycles. The quantitative estimate of drug-likeness (QED) is 0.687. The van der Waals surface area contributed by atoms with Gasteiger partial charge >= 0.3 is 6.18 Å². The summed E-state index contributed by atoms with van der Waals surface area (Å²) in [5, 5.41) is 8.27. The third kappa shape index (κ3) is 5.71. The summed E-state index contributed by atoms with van der Waals surface area (Å²) in [5.74, 6) is -1.41. The molecule has 2 aromatic carbocycles. The van der Waals surface area contributed by atoms with Crippen LogP contribution in [0.3, 0.4) is 0 Å². The summed E-state index contributed by atoms with van der Waals surface area (Å²) in [7, 11) is 0. The number of rotatable bonds is 5. The molecule has 1 aliphatic heterocycles. The first-order valence-corrected chi connectivity index (χ1v) is 8.88. The monoisotopic (exact) mass is 427 g/mol. The molecule has 0 saturated carbocycles. The molecule has 156 valence electrons. The van der Waals surface area contributed by atoms with Gasteiger partial charge in [-0.25, -0.2) is 0 Å². The van der Waals surface area contributed by atoms with Gasteiger partial charge < -0.3 is 16.0 Å². The van der Waals surface area contributed by atoms with Crippen LogP contribution < -0.4 is 16.0 Å². The van der Waals surface area contributed by atoms with Gasteiger partial charge in [0.1, 0.15) is 0 Å². The normalized spacial score (nSPS) is 15.6. The predicted molar refractivity (Wildman–Crippen MR) is 105 cm³/mol. The molecule has 0 saturated heterocycles. The van der Waals surface area contributed by atoms with Crippen LogP contribution in [0.25, 0.3) is 0 Å². The summed E-state index contributed by atoms with van der Waals surface area (Å²) in [6.45, 7) is 0.715. The number of carbonyl (C=O) groups is 2. The van der Waals surface area contributed by atoms with Crippen molar-refractivity contribution in [3.8, 4) is 0 Å². The molecule has 1 aliphatic rings. The van der Waals surface area contributed by atoms with Gasteiger partial charge in [0.2, 0.25) is 5.91 Å². The van der Waals surface area contributed by atoms with E-state index in [-0.39, 0.29) is 18.4 Å². The summed E-state index contributed by atoms with van der Waals surface area (Å²) < 4.78 is 39.0. The summed E-state index contributed by atoms with van der Waals surface area (Å²) >= 11 is 0. The van der Waals surface area contributed by atoms with Crippen molar-refractivity contribution in [3.63, 3.8) is 0 Å². The molecule has 3 rings (SSSR count).